The smallest absolute Gasteiger partial charge is 0.262 e. The molecule has 1 aromatic heterocycles. The van der Waals surface area contributed by atoms with Crippen LogP contribution in [0.4, 0.5) is 5.69 Å². The Morgan fingerprint density at radius 1 is 1.09 bits per heavy atom. The van der Waals surface area contributed by atoms with Crippen LogP contribution in [0.3, 0.4) is 0 Å². The Morgan fingerprint density at radius 3 is 2.56 bits per heavy atom. The number of hydrazone groups is 1. The highest BCUT2D eigenvalue weighted by Crippen LogP contribution is 2.39. The lowest BCUT2D eigenvalue weighted by atomic mass is 10.0. The summed E-state index contributed by atoms with van der Waals surface area (Å²) in [6, 6.07) is 20.1. The number of amidine groups is 1. The second kappa shape index (κ2) is 9.56. The molecule has 0 unspecified atom stereocenters. The molecule has 0 aliphatic carbocycles. The topological polar surface area (TPSA) is 74.1 Å². The van der Waals surface area contributed by atoms with Gasteiger partial charge in [0.1, 0.15) is 5.25 Å². The summed E-state index contributed by atoms with van der Waals surface area (Å²) in [5.74, 6) is -0.488. The molecular weight excluding hydrogens is 464 g/mol. The number of hydrogen-bond acceptors (Lipinski definition) is 6. The number of nitrogens with one attached hydrogen (secondary N) is 1. The molecule has 0 spiro atoms. The first-order valence-electron chi connectivity index (χ1n) is 11.1. The summed E-state index contributed by atoms with van der Waals surface area (Å²) in [5, 5.41) is 11.7. The molecule has 2 atom stereocenters. The Morgan fingerprint density at radius 2 is 1.85 bits per heavy atom. The molecule has 3 aromatic rings. The fourth-order valence-electron chi connectivity index (χ4n) is 4.24. The number of carbonyl (C=O) groups excluding carboxylic acids is 2. The van der Waals surface area contributed by atoms with Crippen LogP contribution in [-0.2, 0) is 9.59 Å². The van der Waals surface area contributed by atoms with Gasteiger partial charge in [0.25, 0.3) is 5.91 Å². The molecular formula is C26H24N4O2S2. The Hall–Kier alpha value is -3.23. The van der Waals surface area contributed by atoms with Crippen molar-refractivity contribution in [1.29, 1.82) is 0 Å². The minimum atomic E-state index is -0.557. The van der Waals surface area contributed by atoms with E-state index in [0.29, 0.717) is 5.17 Å². The van der Waals surface area contributed by atoms with Crippen LogP contribution < -0.4 is 5.32 Å². The summed E-state index contributed by atoms with van der Waals surface area (Å²) in [6.07, 6.45) is 0.797. The fourth-order valence-corrected chi connectivity index (χ4v) is 6.03. The van der Waals surface area contributed by atoms with Crippen LogP contribution >= 0.6 is 23.1 Å². The Labute approximate surface area is 206 Å². The van der Waals surface area contributed by atoms with Crippen LogP contribution in [-0.4, -0.2) is 33.0 Å². The van der Waals surface area contributed by atoms with Crippen molar-refractivity contribution in [1.82, 2.24) is 5.01 Å². The number of rotatable bonds is 5. The lowest BCUT2D eigenvalue weighted by Gasteiger charge is -2.23. The molecule has 0 bridgehead atoms. The maximum atomic E-state index is 12.7. The third-order valence-corrected chi connectivity index (χ3v) is 7.76. The molecule has 0 fully saturated rings. The van der Waals surface area contributed by atoms with Crippen molar-refractivity contribution in [2.75, 3.05) is 5.32 Å². The average Bonchev–Trinajstić information content (AvgIpc) is 3.54. The van der Waals surface area contributed by atoms with Gasteiger partial charge in [0.05, 0.1) is 16.6 Å². The predicted octanol–water partition coefficient (Wildman–Crippen LogP) is 5.54. The molecule has 0 radical (unpaired) electrons. The first-order chi connectivity index (χ1) is 16.5. The van der Waals surface area contributed by atoms with Gasteiger partial charge >= 0.3 is 0 Å². The molecule has 34 heavy (non-hydrogen) atoms. The standard InChI is InChI=1S/C26H24N4O2S2/c1-16-11-17(2)13-19(12-16)27-24(31)15-23-25(32)28-26(34-23)30-21(18-7-4-3-5-8-18)14-20(29-30)22-9-6-10-33-22/h3-13,21,23H,14-15H2,1-2H3,(H,27,31)/t21-,23-/m1/s1. The Bertz CT molecular complexity index is 1270. The van der Waals surface area contributed by atoms with E-state index in [4.69, 9.17) is 5.10 Å². The quantitative estimate of drug-likeness (QED) is 0.512. The van der Waals surface area contributed by atoms with Crippen molar-refractivity contribution >= 4 is 51.5 Å². The number of thioether (sulfide) groups is 1. The summed E-state index contributed by atoms with van der Waals surface area (Å²) in [7, 11) is 0. The molecule has 2 aromatic carbocycles. The summed E-state index contributed by atoms with van der Waals surface area (Å²) in [4.78, 5) is 30.8. The van der Waals surface area contributed by atoms with E-state index in [1.54, 1.807) is 11.3 Å². The van der Waals surface area contributed by atoms with Gasteiger partial charge in [0, 0.05) is 18.5 Å². The van der Waals surface area contributed by atoms with Gasteiger partial charge in [-0.05, 0) is 54.1 Å². The molecule has 1 N–H and O–H groups in total. The predicted molar refractivity (Wildman–Crippen MR) is 139 cm³/mol. The molecule has 172 valence electrons. The minimum absolute atomic E-state index is 0.0415. The monoisotopic (exact) mass is 488 g/mol. The van der Waals surface area contributed by atoms with Gasteiger partial charge in [0.2, 0.25) is 5.91 Å². The molecule has 6 nitrogen and oxygen atoms in total. The van der Waals surface area contributed by atoms with Crippen molar-refractivity contribution in [3.63, 3.8) is 0 Å². The lowest BCUT2D eigenvalue weighted by molar-refractivity contribution is -0.121. The van der Waals surface area contributed by atoms with Gasteiger partial charge in [-0.25, -0.2) is 5.01 Å². The minimum Gasteiger partial charge on any atom is -0.326 e. The van der Waals surface area contributed by atoms with Crippen LogP contribution in [0.2, 0.25) is 0 Å². The van der Waals surface area contributed by atoms with Crippen molar-refractivity contribution < 1.29 is 9.59 Å². The number of amides is 2. The van der Waals surface area contributed by atoms with E-state index < -0.39 is 5.25 Å². The summed E-state index contributed by atoms with van der Waals surface area (Å²) >= 11 is 2.97. The van der Waals surface area contributed by atoms with Crippen LogP contribution in [0.1, 0.15) is 40.5 Å². The van der Waals surface area contributed by atoms with E-state index in [0.717, 1.165) is 39.4 Å². The number of anilines is 1. The van der Waals surface area contributed by atoms with Gasteiger partial charge in [0.15, 0.2) is 5.17 Å². The highest BCUT2D eigenvalue weighted by molar-refractivity contribution is 8.15. The van der Waals surface area contributed by atoms with Gasteiger partial charge in [-0.3, -0.25) is 9.59 Å². The van der Waals surface area contributed by atoms with Crippen LogP contribution in [0, 0.1) is 13.8 Å². The molecule has 0 saturated heterocycles. The number of thiophene rings is 1. The van der Waals surface area contributed by atoms with Crippen molar-refractivity contribution in [3.05, 3.63) is 87.6 Å². The molecule has 3 heterocycles. The zero-order chi connectivity index (χ0) is 23.7. The average molecular weight is 489 g/mol. The van der Waals surface area contributed by atoms with E-state index in [1.807, 2.05) is 60.6 Å². The van der Waals surface area contributed by atoms with E-state index in [-0.39, 0.29) is 24.3 Å². The van der Waals surface area contributed by atoms with Gasteiger partial charge < -0.3 is 5.32 Å². The van der Waals surface area contributed by atoms with Crippen molar-refractivity contribution in [2.45, 2.75) is 38.0 Å². The maximum Gasteiger partial charge on any atom is 0.262 e. The van der Waals surface area contributed by atoms with E-state index in [2.05, 4.69) is 34.6 Å². The number of aliphatic imine (C=N–C) groups is 1. The van der Waals surface area contributed by atoms with Crippen LogP contribution in [0.15, 0.2) is 76.1 Å². The number of benzene rings is 2. The second-order valence-electron chi connectivity index (χ2n) is 8.47. The summed E-state index contributed by atoms with van der Waals surface area (Å²) in [5.41, 5.74) is 4.99. The lowest BCUT2D eigenvalue weighted by Crippen LogP contribution is -2.25. The zero-order valence-electron chi connectivity index (χ0n) is 18.9. The molecule has 5 rings (SSSR count). The Balaban J connectivity index is 1.32. The van der Waals surface area contributed by atoms with Crippen LogP contribution in [0.25, 0.3) is 0 Å². The molecule has 8 heteroatoms. The maximum absolute atomic E-state index is 12.7. The van der Waals surface area contributed by atoms with E-state index in [1.165, 1.54) is 11.8 Å². The largest absolute Gasteiger partial charge is 0.326 e. The number of nitrogens with zero attached hydrogens (tertiary/aromatic N) is 3. The van der Waals surface area contributed by atoms with Gasteiger partial charge in [-0.2, -0.15) is 10.1 Å². The number of hydrogen-bond donors (Lipinski definition) is 1. The van der Waals surface area contributed by atoms with E-state index >= 15 is 0 Å². The summed E-state index contributed by atoms with van der Waals surface area (Å²) < 4.78 is 0. The first-order valence-corrected chi connectivity index (χ1v) is 12.8. The van der Waals surface area contributed by atoms with Gasteiger partial charge in [-0.15, -0.1) is 11.3 Å². The third kappa shape index (κ3) is 4.83. The number of carbonyl (C=O) groups is 2. The summed E-state index contributed by atoms with van der Waals surface area (Å²) in [6.45, 7) is 3.98. The zero-order valence-corrected chi connectivity index (χ0v) is 20.5. The second-order valence-corrected chi connectivity index (χ2v) is 10.6. The van der Waals surface area contributed by atoms with Crippen molar-refractivity contribution in [2.24, 2.45) is 10.1 Å². The highest BCUT2D eigenvalue weighted by atomic mass is 32.2. The molecule has 0 saturated carbocycles. The normalized spacial score (nSPS) is 19.8. The molecule has 2 aliphatic heterocycles. The van der Waals surface area contributed by atoms with Crippen molar-refractivity contribution in [3.8, 4) is 0 Å². The van der Waals surface area contributed by atoms with Crippen LogP contribution in [0.5, 0.6) is 0 Å². The van der Waals surface area contributed by atoms with Gasteiger partial charge in [-0.1, -0.05) is 54.2 Å². The third-order valence-electron chi connectivity index (χ3n) is 5.70. The Kier molecular flexibility index (Phi) is 6.34. The highest BCUT2D eigenvalue weighted by Gasteiger charge is 2.39. The fraction of sp³-hybridized carbons (Fsp3) is 0.231. The van der Waals surface area contributed by atoms with E-state index in [9.17, 15) is 9.59 Å². The molecule has 2 amide bonds. The number of aryl methyl sites for hydroxylation is 2. The SMILES string of the molecule is Cc1cc(C)cc(NC(=O)C[C@H]2SC(N3N=C(c4cccs4)C[C@@H]3c3ccccc3)=NC2=O)c1. The first kappa shape index (κ1) is 22.6. The molecule has 2 aliphatic rings.